The number of sulfonamides is 1. The first-order valence-corrected chi connectivity index (χ1v) is 14.6. The Morgan fingerprint density at radius 1 is 1.23 bits per heavy atom. The lowest BCUT2D eigenvalue weighted by molar-refractivity contribution is -0.141. The van der Waals surface area contributed by atoms with Crippen molar-refractivity contribution in [1.82, 2.24) is 10.3 Å². The number of nitrogens with zero attached hydrogens (tertiary/aromatic N) is 2. The zero-order chi connectivity index (χ0) is 29.8. The van der Waals surface area contributed by atoms with E-state index in [9.17, 15) is 35.6 Å². The molecule has 2 aromatic rings. The summed E-state index contributed by atoms with van der Waals surface area (Å²) in [7, 11) is -3.86. The van der Waals surface area contributed by atoms with Crippen molar-refractivity contribution in [2.24, 2.45) is 5.92 Å². The van der Waals surface area contributed by atoms with Gasteiger partial charge in [-0.05, 0) is 50.3 Å². The van der Waals surface area contributed by atoms with E-state index in [4.69, 9.17) is 4.74 Å². The number of aromatic nitrogens is 1. The lowest BCUT2D eigenvalue weighted by atomic mass is 9.97. The summed E-state index contributed by atoms with van der Waals surface area (Å²) in [6.45, 7) is 5.35. The lowest BCUT2D eigenvalue weighted by Crippen LogP contribution is -2.36. The summed E-state index contributed by atoms with van der Waals surface area (Å²) in [6.07, 6.45) is -2.64. The molecule has 220 valence electrons. The molecule has 1 saturated heterocycles. The minimum absolute atomic E-state index is 0.00888. The van der Waals surface area contributed by atoms with Crippen LogP contribution < -0.4 is 14.9 Å². The number of hydrogen-bond donors (Lipinski definition) is 2. The third-order valence-electron chi connectivity index (χ3n) is 6.57. The number of piperidine rings is 1. The standard InChI is InChI=1S/C26H32F4N4O5S/c1-5-39-25(36)19-13-17(23(32-22(19)26(28,29)30)34-11-9-15(2)10-12-34)14-31-24(35)16(3)18-7-6-8-20(27)21(18)33-40(4,37)38/h6-8,13,15-16,33H,5,9-12,14H2,1-4H3,(H,31,35). The molecule has 1 aliphatic heterocycles. The molecular weight excluding hydrogens is 556 g/mol. The van der Waals surface area contributed by atoms with E-state index in [1.165, 1.54) is 26.0 Å². The first-order chi connectivity index (χ1) is 18.6. The van der Waals surface area contributed by atoms with E-state index >= 15 is 0 Å². The number of anilines is 2. The van der Waals surface area contributed by atoms with Gasteiger partial charge in [0, 0.05) is 25.2 Å². The quantitative estimate of drug-likeness (QED) is 0.329. The molecule has 0 saturated carbocycles. The van der Waals surface area contributed by atoms with Crippen molar-refractivity contribution < 1.29 is 40.3 Å². The van der Waals surface area contributed by atoms with E-state index in [-0.39, 0.29) is 35.8 Å². The van der Waals surface area contributed by atoms with Crippen LogP contribution in [0.1, 0.15) is 66.7 Å². The highest BCUT2D eigenvalue weighted by atomic mass is 32.2. The Morgan fingerprint density at radius 3 is 2.45 bits per heavy atom. The number of para-hydroxylation sites is 1. The number of nitrogens with one attached hydrogen (secondary N) is 2. The second-order valence-corrected chi connectivity index (χ2v) is 11.5. The number of ether oxygens (including phenoxy) is 1. The fraction of sp³-hybridized carbons (Fsp3) is 0.500. The Balaban J connectivity index is 1.98. The van der Waals surface area contributed by atoms with Crippen LogP contribution in [-0.2, 0) is 32.3 Å². The maximum atomic E-state index is 14.5. The molecule has 0 spiro atoms. The predicted molar refractivity (Wildman–Crippen MR) is 141 cm³/mol. The van der Waals surface area contributed by atoms with Crippen LogP contribution >= 0.6 is 0 Å². The molecule has 2 N–H and O–H groups in total. The summed E-state index contributed by atoms with van der Waals surface area (Å²) in [5.74, 6) is -3.41. The molecule has 2 heterocycles. The van der Waals surface area contributed by atoms with E-state index in [1.807, 2.05) is 6.92 Å². The second-order valence-electron chi connectivity index (χ2n) is 9.77. The number of rotatable bonds is 9. The molecule has 0 radical (unpaired) electrons. The van der Waals surface area contributed by atoms with Gasteiger partial charge in [0.1, 0.15) is 11.6 Å². The Labute approximate surface area is 230 Å². The van der Waals surface area contributed by atoms with Gasteiger partial charge in [0.25, 0.3) is 0 Å². The number of amides is 1. The molecule has 0 aliphatic carbocycles. The number of alkyl halides is 3. The average Bonchev–Trinajstić information content (AvgIpc) is 2.87. The predicted octanol–water partition coefficient (Wildman–Crippen LogP) is 4.44. The van der Waals surface area contributed by atoms with E-state index in [0.717, 1.165) is 31.2 Å². The first-order valence-electron chi connectivity index (χ1n) is 12.7. The highest BCUT2D eigenvalue weighted by Gasteiger charge is 2.39. The maximum absolute atomic E-state index is 14.5. The fourth-order valence-corrected chi connectivity index (χ4v) is 5.01. The van der Waals surface area contributed by atoms with Gasteiger partial charge in [0.05, 0.1) is 30.0 Å². The molecule has 1 aromatic carbocycles. The van der Waals surface area contributed by atoms with Gasteiger partial charge in [-0.25, -0.2) is 22.6 Å². The number of esters is 1. The highest BCUT2D eigenvalue weighted by molar-refractivity contribution is 7.92. The number of carbonyl (C=O) groups excluding carboxylic acids is 2. The van der Waals surface area contributed by atoms with E-state index in [1.54, 1.807) is 4.90 Å². The van der Waals surface area contributed by atoms with Crippen molar-refractivity contribution in [1.29, 1.82) is 0 Å². The molecule has 40 heavy (non-hydrogen) atoms. The molecule has 1 atom stereocenters. The molecular formula is C26H32F4N4O5S. The van der Waals surface area contributed by atoms with Gasteiger partial charge in [-0.3, -0.25) is 9.52 Å². The summed E-state index contributed by atoms with van der Waals surface area (Å²) in [6, 6.07) is 4.78. The van der Waals surface area contributed by atoms with Crippen molar-refractivity contribution in [3.05, 3.63) is 52.5 Å². The molecule has 14 heteroatoms. The van der Waals surface area contributed by atoms with Crippen molar-refractivity contribution in [2.75, 3.05) is 35.6 Å². The van der Waals surface area contributed by atoms with Gasteiger partial charge < -0.3 is 15.0 Å². The first kappa shape index (κ1) is 31.1. The lowest BCUT2D eigenvalue weighted by Gasteiger charge is -2.33. The minimum atomic E-state index is -4.93. The van der Waals surface area contributed by atoms with Crippen LogP contribution in [0.25, 0.3) is 0 Å². The third-order valence-corrected chi connectivity index (χ3v) is 7.15. The zero-order valence-electron chi connectivity index (χ0n) is 22.6. The van der Waals surface area contributed by atoms with Crippen LogP contribution in [0.15, 0.2) is 24.3 Å². The van der Waals surface area contributed by atoms with Crippen molar-refractivity contribution in [3.8, 4) is 0 Å². The van der Waals surface area contributed by atoms with Gasteiger partial charge in [-0.15, -0.1) is 0 Å². The molecule has 9 nitrogen and oxygen atoms in total. The van der Waals surface area contributed by atoms with Gasteiger partial charge in [0.2, 0.25) is 15.9 Å². The van der Waals surface area contributed by atoms with Crippen molar-refractivity contribution in [3.63, 3.8) is 0 Å². The van der Waals surface area contributed by atoms with E-state index < -0.39 is 51.1 Å². The Bertz CT molecular complexity index is 1360. The Hall–Kier alpha value is -3.42. The van der Waals surface area contributed by atoms with Gasteiger partial charge in [0.15, 0.2) is 5.69 Å². The molecule has 1 aliphatic rings. The summed E-state index contributed by atoms with van der Waals surface area (Å²) < 4.78 is 86.7. The normalized spacial score (nSPS) is 15.4. The smallest absolute Gasteiger partial charge is 0.434 e. The van der Waals surface area contributed by atoms with E-state index in [2.05, 4.69) is 15.0 Å². The SMILES string of the molecule is CCOC(=O)c1cc(CNC(=O)C(C)c2cccc(F)c2NS(C)(=O)=O)c(N2CCC(C)CC2)nc1C(F)(F)F. The van der Waals surface area contributed by atoms with Gasteiger partial charge in [-0.1, -0.05) is 19.1 Å². The maximum Gasteiger partial charge on any atom is 0.434 e. The summed E-state index contributed by atoms with van der Waals surface area (Å²) >= 11 is 0. The summed E-state index contributed by atoms with van der Waals surface area (Å²) in [4.78, 5) is 31.1. The molecule has 1 fully saturated rings. The highest BCUT2D eigenvalue weighted by Crippen LogP contribution is 2.36. The van der Waals surface area contributed by atoms with Crippen LogP contribution in [0.5, 0.6) is 0 Å². The topological polar surface area (TPSA) is 118 Å². The largest absolute Gasteiger partial charge is 0.462 e. The number of pyridine rings is 1. The minimum Gasteiger partial charge on any atom is -0.462 e. The molecule has 1 unspecified atom stereocenters. The van der Waals surface area contributed by atoms with Crippen molar-refractivity contribution >= 4 is 33.4 Å². The van der Waals surface area contributed by atoms with Crippen molar-refractivity contribution in [2.45, 2.75) is 52.3 Å². The summed E-state index contributed by atoms with van der Waals surface area (Å²) in [5, 5.41) is 2.61. The van der Waals surface area contributed by atoms with Crippen LogP contribution in [-0.4, -0.2) is 51.2 Å². The number of carbonyl (C=O) groups is 2. The van der Waals surface area contributed by atoms with E-state index in [0.29, 0.717) is 19.0 Å². The van der Waals surface area contributed by atoms with Crippen LogP contribution in [0.2, 0.25) is 0 Å². The number of halogens is 4. The van der Waals surface area contributed by atoms with Gasteiger partial charge in [-0.2, -0.15) is 13.2 Å². The number of benzene rings is 1. The zero-order valence-corrected chi connectivity index (χ0v) is 23.4. The molecule has 1 aromatic heterocycles. The summed E-state index contributed by atoms with van der Waals surface area (Å²) in [5.41, 5.74) is -2.30. The number of hydrogen-bond acceptors (Lipinski definition) is 7. The van der Waals surface area contributed by atoms with Crippen LogP contribution in [0.3, 0.4) is 0 Å². The molecule has 0 bridgehead atoms. The molecule has 1 amide bonds. The fourth-order valence-electron chi connectivity index (χ4n) is 4.42. The molecule has 3 rings (SSSR count). The third kappa shape index (κ3) is 7.61. The Morgan fingerprint density at radius 2 is 1.88 bits per heavy atom. The van der Waals surface area contributed by atoms with Crippen LogP contribution in [0, 0.1) is 11.7 Å². The van der Waals surface area contributed by atoms with Gasteiger partial charge >= 0.3 is 12.1 Å². The second kappa shape index (κ2) is 12.4. The monoisotopic (exact) mass is 588 g/mol. The Kier molecular flexibility index (Phi) is 9.64. The average molecular weight is 589 g/mol. The van der Waals surface area contributed by atoms with Crippen LogP contribution in [0.4, 0.5) is 29.1 Å².